The third kappa shape index (κ3) is 7.26. The number of nitrogens with one attached hydrogen (secondary N) is 1. The molecule has 0 saturated carbocycles. The van der Waals surface area contributed by atoms with E-state index in [1.54, 1.807) is 18.4 Å². The van der Waals surface area contributed by atoms with E-state index in [1.807, 2.05) is 73.9 Å². The molecule has 40 heavy (non-hydrogen) atoms. The summed E-state index contributed by atoms with van der Waals surface area (Å²) in [6.07, 6.45) is 8.39. The van der Waals surface area contributed by atoms with Crippen LogP contribution in [0.2, 0.25) is 5.02 Å². The van der Waals surface area contributed by atoms with Gasteiger partial charge >= 0.3 is 0 Å². The van der Waals surface area contributed by atoms with Crippen LogP contribution in [0.25, 0.3) is 5.76 Å². The second-order valence-corrected chi connectivity index (χ2v) is 11.0. The van der Waals surface area contributed by atoms with Gasteiger partial charge in [0.1, 0.15) is 17.8 Å². The van der Waals surface area contributed by atoms with Gasteiger partial charge in [-0.05, 0) is 86.7 Å². The van der Waals surface area contributed by atoms with Crippen molar-refractivity contribution >= 4 is 23.3 Å². The fourth-order valence-corrected chi connectivity index (χ4v) is 5.58. The quantitative estimate of drug-likeness (QED) is 0.319. The largest absolute Gasteiger partial charge is 0.508 e. The molecule has 6 nitrogen and oxygen atoms in total. The van der Waals surface area contributed by atoms with Crippen LogP contribution in [-0.2, 0) is 11.2 Å². The molecule has 1 amide bonds. The van der Waals surface area contributed by atoms with Crippen LogP contribution in [0.3, 0.4) is 0 Å². The number of hydrogen-bond acceptors (Lipinski definition) is 5. The van der Waals surface area contributed by atoms with E-state index >= 15 is 0 Å². The lowest BCUT2D eigenvalue weighted by Crippen LogP contribution is -2.38. The van der Waals surface area contributed by atoms with Crippen LogP contribution in [0.5, 0.6) is 5.75 Å². The molecule has 0 radical (unpaired) electrons. The van der Waals surface area contributed by atoms with Gasteiger partial charge in [-0.2, -0.15) is 0 Å². The maximum absolute atomic E-state index is 13.3. The lowest BCUT2D eigenvalue weighted by Gasteiger charge is -2.34. The minimum absolute atomic E-state index is 0.00655. The number of halogens is 1. The van der Waals surface area contributed by atoms with E-state index in [0.717, 1.165) is 73.5 Å². The second-order valence-electron chi connectivity index (χ2n) is 10.6. The number of hydrogen-bond donors (Lipinski definition) is 2. The van der Waals surface area contributed by atoms with Crippen LogP contribution < -0.4 is 5.32 Å². The van der Waals surface area contributed by atoms with Crippen molar-refractivity contribution in [3.8, 4) is 5.75 Å². The Bertz CT molecular complexity index is 1360. The van der Waals surface area contributed by atoms with Crippen molar-refractivity contribution in [2.75, 3.05) is 26.2 Å². The maximum Gasteiger partial charge on any atom is 0.251 e. The molecular formula is C33H36ClN3O3. The molecule has 3 aromatic rings. The lowest BCUT2D eigenvalue weighted by molar-refractivity contribution is 0.0937. The van der Waals surface area contributed by atoms with Gasteiger partial charge < -0.3 is 25.0 Å². The van der Waals surface area contributed by atoms with E-state index in [9.17, 15) is 9.90 Å². The highest BCUT2D eigenvalue weighted by Crippen LogP contribution is 2.31. The molecule has 2 aliphatic heterocycles. The molecule has 0 aromatic heterocycles. The van der Waals surface area contributed by atoms with E-state index in [4.69, 9.17) is 16.3 Å². The van der Waals surface area contributed by atoms with E-state index in [-0.39, 0.29) is 17.7 Å². The zero-order valence-corrected chi connectivity index (χ0v) is 23.6. The maximum atomic E-state index is 13.3. The summed E-state index contributed by atoms with van der Waals surface area (Å²) < 4.78 is 5.67. The summed E-state index contributed by atoms with van der Waals surface area (Å²) in [6.45, 7) is 5.80. The van der Waals surface area contributed by atoms with E-state index in [1.165, 1.54) is 0 Å². The number of nitrogens with zero attached hydrogens (tertiary/aromatic N) is 2. The highest BCUT2D eigenvalue weighted by atomic mass is 35.5. The molecule has 1 unspecified atom stereocenters. The number of aromatic hydroxyl groups is 1. The van der Waals surface area contributed by atoms with Gasteiger partial charge in [0.25, 0.3) is 5.91 Å². The Labute approximate surface area is 241 Å². The summed E-state index contributed by atoms with van der Waals surface area (Å²) >= 11 is 6.01. The molecule has 0 bridgehead atoms. The zero-order chi connectivity index (χ0) is 27.9. The Balaban J connectivity index is 1.13. The van der Waals surface area contributed by atoms with Gasteiger partial charge in [-0.3, -0.25) is 4.79 Å². The molecule has 0 spiro atoms. The number of ether oxygens (including phenoxy) is 1. The van der Waals surface area contributed by atoms with Crippen LogP contribution in [0.1, 0.15) is 52.7 Å². The van der Waals surface area contributed by atoms with Crippen molar-refractivity contribution in [1.82, 2.24) is 15.1 Å². The third-order valence-corrected chi connectivity index (χ3v) is 7.85. The molecule has 0 aliphatic carbocycles. The SMILES string of the molecule is CC(Cc1ccc(Cl)cc1)NC(=O)c1ccccc1C1CCN(CCN2C=COC(c3cccc(O)c3)=C2)CC1. The van der Waals surface area contributed by atoms with Gasteiger partial charge in [0.2, 0.25) is 0 Å². The van der Waals surface area contributed by atoms with Crippen molar-refractivity contribution in [1.29, 1.82) is 0 Å². The molecule has 3 aromatic carbocycles. The molecule has 5 rings (SSSR count). The smallest absolute Gasteiger partial charge is 0.251 e. The molecule has 7 heteroatoms. The number of carbonyl (C=O) groups excluding carboxylic acids is 1. The molecule has 1 fully saturated rings. The zero-order valence-electron chi connectivity index (χ0n) is 22.8. The first-order valence-corrected chi connectivity index (χ1v) is 14.3. The first-order valence-electron chi connectivity index (χ1n) is 13.9. The van der Waals surface area contributed by atoms with Gasteiger partial charge in [0, 0.05) is 47.7 Å². The van der Waals surface area contributed by atoms with Crippen molar-refractivity contribution in [3.63, 3.8) is 0 Å². The Hall–Kier alpha value is -3.74. The number of benzene rings is 3. The first-order chi connectivity index (χ1) is 19.4. The highest BCUT2D eigenvalue weighted by molar-refractivity contribution is 6.30. The van der Waals surface area contributed by atoms with Crippen LogP contribution in [0.15, 0.2) is 91.5 Å². The van der Waals surface area contributed by atoms with E-state index < -0.39 is 0 Å². The summed E-state index contributed by atoms with van der Waals surface area (Å²) in [6, 6.07) is 22.9. The van der Waals surface area contributed by atoms with Crippen molar-refractivity contribution in [3.05, 3.63) is 119 Å². The Morgan fingerprint density at radius 1 is 1.05 bits per heavy atom. The number of carbonyl (C=O) groups is 1. The van der Waals surface area contributed by atoms with Gasteiger partial charge in [-0.15, -0.1) is 0 Å². The number of phenolic OH excluding ortho intramolecular Hbond substituents is 1. The van der Waals surface area contributed by atoms with Crippen molar-refractivity contribution in [2.45, 2.75) is 38.1 Å². The summed E-state index contributed by atoms with van der Waals surface area (Å²) in [5.41, 5.74) is 3.92. The molecule has 208 valence electrons. The third-order valence-electron chi connectivity index (χ3n) is 7.60. The average molecular weight is 558 g/mol. The molecule has 2 aliphatic rings. The fraction of sp³-hybridized carbons (Fsp3) is 0.303. The number of rotatable bonds is 9. The average Bonchev–Trinajstić information content (AvgIpc) is 2.98. The van der Waals surface area contributed by atoms with Crippen LogP contribution in [0, 0.1) is 0 Å². The van der Waals surface area contributed by atoms with Gasteiger partial charge in [0.05, 0.1) is 0 Å². The predicted molar refractivity (Wildman–Crippen MR) is 160 cm³/mol. The van der Waals surface area contributed by atoms with Gasteiger partial charge in [-0.25, -0.2) is 0 Å². The molecule has 2 N–H and O–H groups in total. The summed E-state index contributed by atoms with van der Waals surface area (Å²) in [4.78, 5) is 17.9. The number of amides is 1. The van der Waals surface area contributed by atoms with Crippen LogP contribution in [-0.4, -0.2) is 53.0 Å². The van der Waals surface area contributed by atoms with Crippen LogP contribution in [0.4, 0.5) is 0 Å². The molecule has 1 atom stereocenters. The molecular weight excluding hydrogens is 522 g/mol. The van der Waals surface area contributed by atoms with Crippen molar-refractivity contribution < 1.29 is 14.6 Å². The van der Waals surface area contributed by atoms with Crippen molar-refractivity contribution in [2.24, 2.45) is 0 Å². The number of phenols is 1. The number of piperidine rings is 1. The minimum atomic E-state index is -0.00655. The second kappa shape index (κ2) is 13.1. The normalized spacial score (nSPS) is 16.8. The van der Waals surface area contributed by atoms with E-state index in [2.05, 4.69) is 21.2 Å². The lowest BCUT2D eigenvalue weighted by atomic mass is 9.86. The van der Waals surface area contributed by atoms with E-state index in [0.29, 0.717) is 10.9 Å². The standard InChI is InChI=1S/C33H36ClN3O3/c1-24(21-25-9-11-28(34)12-10-25)35-33(39)31-8-3-2-7-30(31)26-13-15-36(16-14-26)17-18-37-19-20-40-32(23-37)27-5-4-6-29(38)22-27/h2-12,19-20,22-24,26,38H,13-18,21H2,1H3,(H,35,39). The predicted octanol–water partition coefficient (Wildman–Crippen LogP) is 6.39. The Kier molecular flexibility index (Phi) is 9.09. The fourth-order valence-electron chi connectivity index (χ4n) is 5.46. The topological polar surface area (TPSA) is 65.0 Å². The summed E-state index contributed by atoms with van der Waals surface area (Å²) in [5, 5.41) is 13.7. The van der Waals surface area contributed by atoms with Gasteiger partial charge in [-0.1, -0.05) is 54.1 Å². The van der Waals surface area contributed by atoms with Crippen LogP contribution >= 0.6 is 11.6 Å². The Morgan fingerprint density at radius 2 is 1.82 bits per heavy atom. The van der Waals surface area contributed by atoms with Gasteiger partial charge in [0.15, 0.2) is 0 Å². The molecule has 2 heterocycles. The molecule has 1 saturated heterocycles. The minimum Gasteiger partial charge on any atom is -0.508 e. The monoisotopic (exact) mass is 557 g/mol. The summed E-state index contributed by atoms with van der Waals surface area (Å²) in [5.74, 6) is 1.30. The first kappa shape index (κ1) is 27.8. The Morgan fingerprint density at radius 3 is 2.60 bits per heavy atom. The highest BCUT2D eigenvalue weighted by Gasteiger charge is 2.25. The summed E-state index contributed by atoms with van der Waals surface area (Å²) in [7, 11) is 0. The number of likely N-dealkylation sites (tertiary alicyclic amines) is 1.